The topological polar surface area (TPSA) is 139 Å². The first-order valence-electron chi connectivity index (χ1n) is 15.8. The van der Waals surface area contributed by atoms with Crippen LogP contribution in [-0.2, 0) is 16.1 Å². The Labute approximate surface area is 279 Å². The molecule has 2 aliphatic heterocycles. The Kier molecular flexibility index (Phi) is 10.3. The maximum Gasteiger partial charge on any atom is 0.323 e. The molecule has 3 heterocycles. The first kappa shape index (κ1) is 33.6. The van der Waals surface area contributed by atoms with E-state index in [0.717, 1.165) is 30.4 Å². The Morgan fingerprint density at radius 3 is 2.56 bits per heavy atom. The van der Waals surface area contributed by atoms with Crippen LogP contribution in [0.3, 0.4) is 0 Å². The van der Waals surface area contributed by atoms with Gasteiger partial charge in [-0.15, -0.1) is 0 Å². The molecule has 0 bridgehead atoms. The lowest BCUT2D eigenvalue weighted by molar-refractivity contribution is -0.134. The second-order valence-corrected chi connectivity index (χ2v) is 11.4. The minimum atomic E-state index is -1.66. The summed E-state index contributed by atoms with van der Waals surface area (Å²) in [6.07, 6.45) is 7.03. The predicted molar refractivity (Wildman–Crippen MR) is 182 cm³/mol. The molecule has 0 radical (unpaired) electrons. The number of imide groups is 1. The number of aliphatic imine (C=N–C) groups is 1. The molecule has 246 valence electrons. The fourth-order valence-corrected chi connectivity index (χ4v) is 5.42. The van der Waals surface area contributed by atoms with E-state index >= 15 is 0 Å². The third-order valence-corrected chi connectivity index (χ3v) is 8.00. The number of urea groups is 1. The van der Waals surface area contributed by atoms with Crippen molar-refractivity contribution in [1.29, 1.82) is 0 Å². The van der Waals surface area contributed by atoms with E-state index in [0.29, 0.717) is 39.6 Å². The van der Waals surface area contributed by atoms with Crippen molar-refractivity contribution < 1.29 is 28.7 Å². The summed E-state index contributed by atoms with van der Waals surface area (Å²) in [7, 11) is 3.23. The molecule has 11 heteroatoms. The van der Waals surface area contributed by atoms with Crippen LogP contribution in [0, 0.1) is 11.8 Å². The summed E-state index contributed by atoms with van der Waals surface area (Å²) in [4.78, 5) is 61.4. The maximum absolute atomic E-state index is 13.2. The number of benzene rings is 2. The molecule has 11 nitrogen and oxygen atoms in total. The minimum Gasteiger partial charge on any atom is -0.497 e. The van der Waals surface area contributed by atoms with Crippen LogP contribution in [-0.4, -0.2) is 66.2 Å². The number of unbranched alkanes of at least 4 members (excludes halogenated alkanes) is 2. The highest BCUT2D eigenvalue weighted by molar-refractivity contribution is 6.10. The number of hydrogen-bond donors (Lipinski definition) is 2. The lowest BCUT2D eigenvalue weighted by Gasteiger charge is -2.26. The second-order valence-electron chi connectivity index (χ2n) is 11.4. The summed E-state index contributed by atoms with van der Waals surface area (Å²) in [6.45, 7) is 3.96. The van der Waals surface area contributed by atoms with Gasteiger partial charge in [-0.25, -0.2) is 9.78 Å². The summed E-state index contributed by atoms with van der Waals surface area (Å²) in [5, 5.41) is 4.89. The number of carbonyl (C=O) groups excluding carboxylic acids is 4. The van der Waals surface area contributed by atoms with Crippen molar-refractivity contribution in [2.24, 2.45) is 4.99 Å². The van der Waals surface area contributed by atoms with E-state index in [1.165, 1.54) is 12.0 Å². The normalized spacial score (nSPS) is 17.1. The third kappa shape index (κ3) is 7.28. The fourth-order valence-electron chi connectivity index (χ4n) is 5.42. The molecule has 1 aromatic heterocycles. The summed E-state index contributed by atoms with van der Waals surface area (Å²) in [5.74, 6) is 5.49. The number of hydrogen-bond acceptors (Lipinski definition) is 8. The van der Waals surface area contributed by atoms with Gasteiger partial charge in [-0.3, -0.25) is 24.7 Å². The van der Waals surface area contributed by atoms with Crippen LogP contribution in [0.4, 0.5) is 4.79 Å². The monoisotopic (exact) mass is 647 g/mol. The molecular formula is C37H37N5O6. The predicted octanol–water partition coefficient (Wildman–Crippen LogP) is 4.93. The molecule has 2 aliphatic rings. The number of amides is 4. The van der Waals surface area contributed by atoms with Gasteiger partial charge in [0.2, 0.25) is 5.54 Å². The number of aromatic nitrogens is 1. The molecule has 1 atom stereocenters. The minimum absolute atomic E-state index is 0.149. The molecular weight excluding hydrogens is 610 g/mol. The highest BCUT2D eigenvalue weighted by Gasteiger charge is 2.48. The quantitative estimate of drug-likeness (QED) is 0.0989. The van der Waals surface area contributed by atoms with E-state index in [9.17, 15) is 19.2 Å². The van der Waals surface area contributed by atoms with Crippen LogP contribution in [0.5, 0.6) is 11.5 Å². The van der Waals surface area contributed by atoms with Crippen LogP contribution in [0.25, 0.3) is 16.8 Å². The number of methoxy groups -OCH3 is 1. The largest absolute Gasteiger partial charge is 0.497 e. The van der Waals surface area contributed by atoms with Gasteiger partial charge >= 0.3 is 12.0 Å². The molecule has 1 unspecified atom stereocenters. The molecule has 0 saturated carbocycles. The van der Waals surface area contributed by atoms with Crippen molar-refractivity contribution in [3.05, 3.63) is 83.1 Å². The van der Waals surface area contributed by atoms with Gasteiger partial charge in [-0.05, 0) is 48.4 Å². The molecule has 3 aromatic rings. The van der Waals surface area contributed by atoms with Gasteiger partial charge in [0.15, 0.2) is 5.75 Å². The molecule has 2 aromatic carbocycles. The van der Waals surface area contributed by atoms with E-state index in [4.69, 9.17) is 14.5 Å². The summed E-state index contributed by atoms with van der Waals surface area (Å²) in [5.41, 5.74) is 2.87. The number of carbonyl (C=O) groups is 4. The van der Waals surface area contributed by atoms with Crippen LogP contribution in [0.15, 0.2) is 65.7 Å². The molecule has 2 N–H and O–H groups in total. The van der Waals surface area contributed by atoms with Gasteiger partial charge in [0.05, 0.1) is 19.3 Å². The zero-order valence-electron chi connectivity index (χ0n) is 27.4. The Morgan fingerprint density at radius 1 is 1.10 bits per heavy atom. The van der Waals surface area contributed by atoms with Crippen molar-refractivity contribution >= 4 is 35.6 Å². The van der Waals surface area contributed by atoms with E-state index in [1.54, 1.807) is 68.7 Å². The number of nitrogens with one attached hydrogen (secondary N) is 2. The molecule has 1 saturated heterocycles. The standard InChI is InChI=1S/C37H37N5O6/c1-5-7-8-9-26(21-38-3)30-16-17-31(48-32(43)6-2)33(39-30)25-12-10-24(11-13-25)18-19-37(35(45)40-36(46)41-37)23-42-22-27-14-15-28(47-4)20-29(27)34(42)44/h9-17,20-21H,5-8,22-23H2,1-4H3,(H2,40,41,45,46)/b26-9+,38-21?. The van der Waals surface area contributed by atoms with Crippen LogP contribution >= 0.6 is 0 Å². The average Bonchev–Trinajstić information content (AvgIpc) is 3.56. The van der Waals surface area contributed by atoms with Crippen LogP contribution in [0.1, 0.15) is 66.7 Å². The summed E-state index contributed by atoms with van der Waals surface area (Å²) in [6, 6.07) is 15.2. The molecule has 0 aliphatic carbocycles. The zero-order chi connectivity index (χ0) is 34.3. The third-order valence-electron chi connectivity index (χ3n) is 8.00. The van der Waals surface area contributed by atoms with Gasteiger partial charge < -0.3 is 19.7 Å². The Morgan fingerprint density at radius 2 is 1.90 bits per heavy atom. The number of esters is 1. The van der Waals surface area contributed by atoms with Crippen molar-refractivity contribution in [2.75, 3.05) is 20.7 Å². The zero-order valence-corrected chi connectivity index (χ0v) is 27.4. The number of rotatable bonds is 11. The van der Waals surface area contributed by atoms with Crippen LogP contribution in [0.2, 0.25) is 0 Å². The Bertz CT molecular complexity index is 1870. The number of pyridine rings is 1. The number of nitrogens with zero attached hydrogens (tertiary/aromatic N) is 3. The Hall–Kier alpha value is -5.76. The lowest BCUT2D eigenvalue weighted by atomic mass is 9.98. The molecule has 48 heavy (non-hydrogen) atoms. The highest BCUT2D eigenvalue weighted by Crippen LogP contribution is 2.31. The smallest absolute Gasteiger partial charge is 0.323 e. The molecule has 4 amide bonds. The van der Waals surface area contributed by atoms with E-state index < -0.39 is 17.5 Å². The first-order chi connectivity index (χ1) is 23.2. The van der Waals surface area contributed by atoms with Gasteiger partial charge in [0.25, 0.3) is 11.8 Å². The van der Waals surface area contributed by atoms with Crippen molar-refractivity contribution in [3.63, 3.8) is 0 Å². The number of fused-ring (bicyclic) bond motifs is 1. The van der Waals surface area contributed by atoms with E-state index in [2.05, 4.69) is 40.5 Å². The fraction of sp³-hybridized carbons (Fsp3) is 0.297. The molecule has 5 rings (SSSR count). The van der Waals surface area contributed by atoms with E-state index in [1.807, 2.05) is 6.07 Å². The number of allylic oxidation sites excluding steroid dienone is 2. The summed E-state index contributed by atoms with van der Waals surface area (Å²) >= 11 is 0. The van der Waals surface area contributed by atoms with Gasteiger partial charge in [0.1, 0.15) is 11.4 Å². The van der Waals surface area contributed by atoms with Gasteiger partial charge in [-0.2, -0.15) is 0 Å². The SMILES string of the molecule is CCCC/C=C(\C=NC)c1ccc(OC(=O)CC)c(-c2ccc(C#CC3(CN4Cc5ccc(OC)cc5C4=O)NC(=O)NC3=O)cc2)n1. The van der Waals surface area contributed by atoms with Crippen molar-refractivity contribution in [1.82, 2.24) is 20.5 Å². The Balaban J connectivity index is 1.44. The molecule has 1 fully saturated rings. The summed E-state index contributed by atoms with van der Waals surface area (Å²) < 4.78 is 10.9. The number of ether oxygens (including phenoxy) is 2. The lowest BCUT2D eigenvalue weighted by Crippen LogP contribution is -2.54. The van der Waals surface area contributed by atoms with Gasteiger partial charge in [-0.1, -0.05) is 62.8 Å². The maximum atomic E-state index is 13.2. The van der Waals surface area contributed by atoms with Crippen molar-refractivity contribution in [2.45, 2.75) is 51.6 Å². The van der Waals surface area contributed by atoms with Crippen LogP contribution < -0.4 is 20.1 Å². The van der Waals surface area contributed by atoms with E-state index in [-0.39, 0.29) is 31.4 Å². The van der Waals surface area contributed by atoms with Gasteiger partial charge in [0, 0.05) is 48.5 Å². The molecule has 0 spiro atoms. The highest BCUT2D eigenvalue weighted by atomic mass is 16.5. The first-order valence-corrected chi connectivity index (χ1v) is 15.8. The second kappa shape index (κ2) is 14.8. The van der Waals surface area contributed by atoms with Crippen molar-refractivity contribution in [3.8, 4) is 34.6 Å². The average molecular weight is 648 g/mol.